The maximum absolute atomic E-state index is 11.0. The van der Waals surface area contributed by atoms with Crippen LogP contribution in [0.15, 0.2) is 0 Å². The number of hydrogen-bond acceptors (Lipinski definition) is 3. The van der Waals surface area contributed by atoms with Crippen LogP contribution < -0.4 is 5.32 Å². The molecule has 10 heavy (non-hydrogen) atoms. The molecule has 0 aromatic rings. The molecule has 1 aliphatic carbocycles. The van der Waals surface area contributed by atoms with E-state index in [1.165, 1.54) is 13.5 Å². The van der Waals surface area contributed by atoms with Crippen molar-refractivity contribution < 1.29 is 9.53 Å². The molecule has 2 saturated heterocycles. The minimum atomic E-state index is -0.0359. The average molecular weight is 141 g/mol. The molecule has 3 rings (SSSR count). The molecule has 3 aliphatic rings. The van der Waals surface area contributed by atoms with Crippen LogP contribution in [0, 0.1) is 11.8 Å². The minimum Gasteiger partial charge on any atom is -0.469 e. The Labute approximate surface area is 59.7 Å². The van der Waals surface area contributed by atoms with Crippen LogP contribution in [0.5, 0.6) is 0 Å². The lowest BCUT2D eigenvalue weighted by Crippen LogP contribution is -2.42. The van der Waals surface area contributed by atoms with E-state index in [1.807, 2.05) is 0 Å². The zero-order valence-corrected chi connectivity index (χ0v) is 5.96. The van der Waals surface area contributed by atoms with Crippen LogP contribution in [0.3, 0.4) is 0 Å². The standard InChI is InChI=1S/C7H11NO2/c1-10-7(9)6-4-2-5(6)8-3-4/h4-6,8H,2-3H2,1H3/t4-,5-,6+/m0/s1. The summed E-state index contributed by atoms with van der Waals surface area (Å²) in [6.45, 7) is 1.00. The van der Waals surface area contributed by atoms with Crippen molar-refractivity contribution in [2.45, 2.75) is 12.5 Å². The predicted octanol–water partition coefficient (Wildman–Crippen LogP) is -0.233. The number of carbonyl (C=O) groups is 1. The van der Waals surface area contributed by atoms with Crippen LogP contribution >= 0.6 is 0 Å². The largest absolute Gasteiger partial charge is 0.469 e. The lowest BCUT2D eigenvalue weighted by molar-refractivity contribution is -0.150. The second-order valence-electron chi connectivity index (χ2n) is 3.06. The summed E-state index contributed by atoms with van der Waals surface area (Å²) in [7, 11) is 1.46. The van der Waals surface area contributed by atoms with Gasteiger partial charge in [0, 0.05) is 6.04 Å². The van der Waals surface area contributed by atoms with E-state index in [-0.39, 0.29) is 11.9 Å². The second-order valence-corrected chi connectivity index (χ2v) is 3.06. The number of carbonyl (C=O) groups excluding carboxylic acids is 1. The summed E-state index contributed by atoms with van der Waals surface area (Å²) in [4.78, 5) is 11.0. The molecule has 0 amide bonds. The van der Waals surface area contributed by atoms with Gasteiger partial charge in [-0.25, -0.2) is 0 Å². The fraction of sp³-hybridized carbons (Fsp3) is 0.857. The summed E-state index contributed by atoms with van der Waals surface area (Å²) in [6.07, 6.45) is 1.17. The number of nitrogens with one attached hydrogen (secondary N) is 1. The van der Waals surface area contributed by atoms with Crippen molar-refractivity contribution in [1.82, 2.24) is 5.32 Å². The maximum Gasteiger partial charge on any atom is 0.310 e. The van der Waals surface area contributed by atoms with Crippen LogP contribution in [0.25, 0.3) is 0 Å². The van der Waals surface area contributed by atoms with E-state index in [2.05, 4.69) is 10.1 Å². The molecule has 2 aliphatic heterocycles. The highest BCUT2D eigenvalue weighted by molar-refractivity contribution is 5.75. The molecule has 3 heteroatoms. The van der Waals surface area contributed by atoms with E-state index in [1.54, 1.807) is 0 Å². The third kappa shape index (κ3) is 0.611. The fourth-order valence-electron chi connectivity index (χ4n) is 1.97. The first-order valence-electron chi connectivity index (χ1n) is 3.64. The molecule has 0 spiro atoms. The van der Waals surface area contributed by atoms with Crippen molar-refractivity contribution in [3.05, 3.63) is 0 Å². The topological polar surface area (TPSA) is 38.3 Å². The van der Waals surface area contributed by atoms with Gasteiger partial charge in [0.05, 0.1) is 13.0 Å². The second kappa shape index (κ2) is 1.95. The first-order valence-corrected chi connectivity index (χ1v) is 3.64. The molecule has 3 nitrogen and oxygen atoms in total. The van der Waals surface area contributed by atoms with E-state index in [9.17, 15) is 4.79 Å². The Morgan fingerprint density at radius 2 is 2.50 bits per heavy atom. The zero-order chi connectivity index (χ0) is 7.14. The van der Waals surface area contributed by atoms with Crippen molar-refractivity contribution in [2.24, 2.45) is 11.8 Å². The van der Waals surface area contributed by atoms with Crippen molar-refractivity contribution in [3.8, 4) is 0 Å². The van der Waals surface area contributed by atoms with Gasteiger partial charge in [-0.1, -0.05) is 0 Å². The first kappa shape index (κ1) is 6.16. The fourth-order valence-corrected chi connectivity index (χ4v) is 1.97. The van der Waals surface area contributed by atoms with Crippen molar-refractivity contribution in [3.63, 3.8) is 0 Å². The highest BCUT2D eigenvalue weighted by Gasteiger charge is 2.51. The van der Waals surface area contributed by atoms with Gasteiger partial charge in [0.1, 0.15) is 0 Å². The smallest absolute Gasteiger partial charge is 0.310 e. The van der Waals surface area contributed by atoms with Crippen molar-refractivity contribution in [1.29, 1.82) is 0 Å². The quantitative estimate of drug-likeness (QED) is 0.512. The van der Waals surface area contributed by atoms with E-state index < -0.39 is 0 Å². The van der Waals surface area contributed by atoms with Crippen molar-refractivity contribution in [2.75, 3.05) is 13.7 Å². The third-order valence-corrected chi connectivity index (χ3v) is 2.61. The summed E-state index contributed by atoms with van der Waals surface area (Å²) in [5.74, 6) is 0.702. The van der Waals surface area contributed by atoms with Gasteiger partial charge in [-0.05, 0) is 18.9 Å². The Morgan fingerprint density at radius 3 is 2.90 bits per heavy atom. The number of hydrogen-bond donors (Lipinski definition) is 1. The van der Waals surface area contributed by atoms with Gasteiger partial charge in [-0.3, -0.25) is 4.79 Å². The van der Waals surface area contributed by atoms with Gasteiger partial charge in [-0.15, -0.1) is 0 Å². The summed E-state index contributed by atoms with van der Waals surface area (Å²) in [5.41, 5.74) is 0. The van der Waals surface area contributed by atoms with Gasteiger partial charge in [0.2, 0.25) is 0 Å². The molecule has 2 bridgehead atoms. The summed E-state index contributed by atoms with van der Waals surface area (Å²) >= 11 is 0. The molecule has 0 aromatic heterocycles. The highest BCUT2D eigenvalue weighted by Crippen LogP contribution is 2.40. The number of methoxy groups -OCH3 is 1. The molecule has 0 unspecified atom stereocenters. The van der Waals surface area contributed by atoms with E-state index in [4.69, 9.17) is 0 Å². The van der Waals surface area contributed by atoms with Gasteiger partial charge < -0.3 is 10.1 Å². The first-order chi connectivity index (χ1) is 4.83. The Balaban J connectivity index is 2.02. The summed E-state index contributed by atoms with van der Waals surface area (Å²) < 4.78 is 4.66. The lowest BCUT2D eigenvalue weighted by atomic mass is 9.74. The molecule has 0 radical (unpaired) electrons. The van der Waals surface area contributed by atoms with Gasteiger partial charge in [-0.2, -0.15) is 0 Å². The normalized spacial score (nSPS) is 42.7. The minimum absolute atomic E-state index is 0.0359. The SMILES string of the molecule is COC(=O)[C@@H]1[C@@H]2CN[C@H]1C2. The number of ether oxygens (including phenoxy) is 1. The van der Waals surface area contributed by atoms with Crippen LogP contribution in [0.4, 0.5) is 0 Å². The van der Waals surface area contributed by atoms with E-state index >= 15 is 0 Å². The molecule has 56 valence electrons. The third-order valence-electron chi connectivity index (χ3n) is 2.61. The molecule has 3 fully saturated rings. The molecule has 1 N–H and O–H groups in total. The van der Waals surface area contributed by atoms with E-state index in [0.717, 1.165) is 6.54 Å². The molecular weight excluding hydrogens is 130 g/mol. The van der Waals surface area contributed by atoms with Gasteiger partial charge in [0.25, 0.3) is 0 Å². The van der Waals surface area contributed by atoms with Gasteiger partial charge >= 0.3 is 5.97 Å². The van der Waals surface area contributed by atoms with E-state index in [0.29, 0.717) is 12.0 Å². The Bertz CT molecular complexity index is 155. The maximum atomic E-state index is 11.0. The Kier molecular flexibility index (Phi) is 1.20. The summed E-state index contributed by atoms with van der Waals surface area (Å²) in [5, 5.41) is 3.26. The molecular formula is C7H11NO2. The zero-order valence-electron chi connectivity index (χ0n) is 5.96. The number of rotatable bonds is 1. The van der Waals surface area contributed by atoms with Crippen molar-refractivity contribution >= 4 is 5.97 Å². The molecule has 0 aromatic carbocycles. The van der Waals surface area contributed by atoms with Gasteiger partial charge in [0.15, 0.2) is 0 Å². The van der Waals surface area contributed by atoms with Crippen LogP contribution in [-0.4, -0.2) is 25.7 Å². The molecule has 1 saturated carbocycles. The summed E-state index contributed by atoms with van der Waals surface area (Å²) in [6, 6.07) is 0.428. The molecule has 2 heterocycles. The Hall–Kier alpha value is -0.570. The number of fused-ring (bicyclic) bond motifs is 1. The number of esters is 1. The Morgan fingerprint density at radius 1 is 1.70 bits per heavy atom. The van der Waals surface area contributed by atoms with Crippen LogP contribution in [0.1, 0.15) is 6.42 Å². The highest BCUT2D eigenvalue weighted by atomic mass is 16.5. The lowest BCUT2D eigenvalue weighted by Gasteiger charge is -2.31. The van der Waals surface area contributed by atoms with Crippen LogP contribution in [-0.2, 0) is 9.53 Å². The average Bonchev–Trinajstić information content (AvgIpc) is 2.44. The van der Waals surface area contributed by atoms with Crippen LogP contribution in [0.2, 0.25) is 0 Å². The molecule has 3 atom stereocenters. The predicted molar refractivity (Wildman–Crippen MR) is 35.4 cm³/mol. The monoisotopic (exact) mass is 141 g/mol.